The van der Waals surface area contributed by atoms with E-state index in [2.05, 4.69) is 72.0 Å². The molecule has 0 aliphatic rings. The van der Waals surface area contributed by atoms with Gasteiger partial charge in [-0.25, -0.2) is 0 Å². The molecule has 2 aromatic carbocycles. The summed E-state index contributed by atoms with van der Waals surface area (Å²) in [7, 11) is 0. The third-order valence-electron chi connectivity index (χ3n) is 6.41. The highest BCUT2D eigenvalue weighted by atomic mass is 16.5. The number of hydrogen-bond acceptors (Lipinski definition) is 2. The fourth-order valence-electron chi connectivity index (χ4n) is 3.40. The Balaban J connectivity index is 2.41. The summed E-state index contributed by atoms with van der Waals surface area (Å²) in [5.74, 6) is 0.742. The molecular formula is C27H39NO2. The number of benzene rings is 2. The molecule has 30 heavy (non-hydrogen) atoms. The normalized spacial score (nSPS) is 13.0. The van der Waals surface area contributed by atoms with E-state index >= 15 is 0 Å². The van der Waals surface area contributed by atoms with Crippen LogP contribution >= 0.6 is 0 Å². The van der Waals surface area contributed by atoms with Crippen LogP contribution in [0.1, 0.15) is 85.3 Å². The Kier molecular flexibility index (Phi) is 8.11. The molecule has 0 bridgehead atoms. The van der Waals surface area contributed by atoms with Gasteiger partial charge in [0, 0.05) is 5.69 Å². The molecule has 1 atom stereocenters. The van der Waals surface area contributed by atoms with Crippen LogP contribution in [0.15, 0.2) is 48.5 Å². The zero-order chi connectivity index (χ0) is 22.4. The molecule has 3 nitrogen and oxygen atoms in total. The minimum Gasteiger partial charge on any atom is -0.480 e. The molecule has 0 radical (unpaired) electrons. The molecule has 0 fully saturated rings. The van der Waals surface area contributed by atoms with Gasteiger partial charge in [0.05, 0.1) is 0 Å². The molecule has 2 aromatic rings. The Morgan fingerprint density at radius 1 is 0.933 bits per heavy atom. The van der Waals surface area contributed by atoms with Gasteiger partial charge in [-0.1, -0.05) is 85.2 Å². The van der Waals surface area contributed by atoms with Crippen LogP contribution in [0, 0.1) is 0 Å². The van der Waals surface area contributed by atoms with Gasteiger partial charge < -0.3 is 10.1 Å². The second kappa shape index (κ2) is 10.1. The second-order valence-electron chi connectivity index (χ2n) is 9.44. The zero-order valence-corrected chi connectivity index (χ0v) is 19.8. The maximum absolute atomic E-state index is 13.0. The van der Waals surface area contributed by atoms with Crippen molar-refractivity contribution >= 4 is 11.6 Å². The smallest absolute Gasteiger partial charge is 0.265 e. The van der Waals surface area contributed by atoms with E-state index in [4.69, 9.17) is 4.74 Å². The molecule has 1 amide bonds. The van der Waals surface area contributed by atoms with Crippen molar-refractivity contribution in [3.63, 3.8) is 0 Å². The SMILES string of the molecule is CCCC(Oc1cc(C(C)(C)CC)ccc1C(C)(C)CC)C(=O)Nc1ccccc1. The second-order valence-corrected chi connectivity index (χ2v) is 9.44. The van der Waals surface area contributed by atoms with Crippen molar-refractivity contribution in [2.45, 2.75) is 91.1 Å². The van der Waals surface area contributed by atoms with Crippen molar-refractivity contribution in [2.75, 3.05) is 5.32 Å². The molecule has 0 aromatic heterocycles. The van der Waals surface area contributed by atoms with Gasteiger partial charge in [-0.05, 0) is 59.4 Å². The molecule has 0 saturated carbocycles. The van der Waals surface area contributed by atoms with Crippen molar-refractivity contribution in [3.05, 3.63) is 59.7 Å². The first-order valence-corrected chi connectivity index (χ1v) is 11.3. The van der Waals surface area contributed by atoms with Crippen molar-refractivity contribution in [3.8, 4) is 5.75 Å². The number of carbonyl (C=O) groups is 1. The lowest BCUT2D eigenvalue weighted by Gasteiger charge is -2.31. The number of anilines is 1. The van der Waals surface area contributed by atoms with Crippen LogP contribution in [0.5, 0.6) is 5.75 Å². The van der Waals surface area contributed by atoms with Crippen LogP contribution in [0.25, 0.3) is 0 Å². The van der Waals surface area contributed by atoms with E-state index in [1.165, 1.54) is 5.56 Å². The molecule has 0 saturated heterocycles. The quantitative estimate of drug-likeness (QED) is 0.449. The van der Waals surface area contributed by atoms with Crippen molar-refractivity contribution in [1.82, 2.24) is 0 Å². The van der Waals surface area contributed by atoms with E-state index in [0.29, 0.717) is 6.42 Å². The average Bonchev–Trinajstić information content (AvgIpc) is 2.74. The molecule has 0 aliphatic carbocycles. The van der Waals surface area contributed by atoms with E-state index in [1.54, 1.807) is 0 Å². The van der Waals surface area contributed by atoms with Gasteiger partial charge >= 0.3 is 0 Å². The van der Waals surface area contributed by atoms with E-state index < -0.39 is 6.10 Å². The number of amides is 1. The number of para-hydroxylation sites is 1. The van der Waals surface area contributed by atoms with E-state index in [9.17, 15) is 4.79 Å². The average molecular weight is 410 g/mol. The Bertz CT molecular complexity index is 824. The molecule has 1 N–H and O–H groups in total. The number of nitrogens with one attached hydrogen (secondary N) is 1. The minimum absolute atomic E-state index is 0.0309. The highest BCUT2D eigenvalue weighted by Crippen LogP contribution is 2.39. The Morgan fingerprint density at radius 2 is 1.57 bits per heavy atom. The van der Waals surface area contributed by atoms with Gasteiger partial charge in [0.25, 0.3) is 5.91 Å². The van der Waals surface area contributed by atoms with Crippen LogP contribution < -0.4 is 10.1 Å². The lowest BCUT2D eigenvalue weighted by atomic mass is 9.77. The number of rotatable bonds is 10. The Hall–Kier alpha value is -2.29. The lowest BCUT2D eigenvalue weighted by Crippen LogP contribution is -2.34. The Morgan fingerprint density at radius 3 is 2.13 bits per heavy atom. The predicted octanol–water partition coefficient (Wildman–Crippen LogP) is 7.25. The van der Waals surface area contributed by atoms with Gasteiger partial charge in [-0.3, -0.25) is 4.79 Å². The first-order valence-electron chi connectivity index (χ1n) is 11.3. The lowest BCUT2D eigenvalue weighted by molar-refractivity contribution is -0.123. The molecule has 0 spiro atoms. The summed E-state index contributed by atoms with van der Waals surface area (Å²) in [6, 6.07) is 16.2. The summed E-state index contributed by atoms with van der Waals surface area (Å²) in [5.41, 5.74) is 3.22. The van der Waals surface area contributed by atoms with Crippen molar-refractivity contribution in [1.29, 1.82) is 0 Å². The fourth-order valence-corrected chi connectivity index (χ4v) is 3.40. The van der Waals surface area contributed by atoms with Crippen LogP contribution in [0.3, 0.4) is 0 Å². The zero-order valence-electron chi connectivity index (χ0n) is 19.8. The molecule has 0 heterocycles. The van der Waals surface area contributed by atoms with Crippen molar-refractivity contribution in [2.24, 2.45) is 0 Å². The molecule has 3 heteroatoms. The summed E-state index contributed by atoms with van der Waals surface area (Å²) in [4.78, 5) is 13.0. The monoisotopic (exact) mass is 409 g/mol. The van der Waals surface area contributed by atoms with Gasteiger partial charge in [-0.15, -0.1) is 0 Å². The van der Waals surface area contributed by atoms with Gasteiger partial charge in [0.1, 0.15) is 5.75 Å². The van der Waals surface area contributed by atoms with Gasteiger partial charge in [0.15, 0.2) is 6.10 Å². The first-order chi connectivity index (χ1) is 14.1. The fraction of sp³-hybridized carbons (Fsp3) is 0.519. The summed E-state index contributed by atoms with van der Waals surface area (Å²) >= 11 is 0. The van der Waals surface area contributed by atoms with E-state index in [1.807, 2.05) is 30.3 Å². The Labute approximate surface area is 183 Å². The first kappa shape index (κ1) is 24.0. The standard InChI is InChI=1S/C27H39NO2/c1-8-14-23(25(29)28-21-15-12-11-13-16-21)30-24-19-20(26(4,5)9-2)17-18-22(24)27(6,7)10-3/h11-13,15-19,23H,8-10,14H2,1-7H3,(H,28,29). The number of carbonyl (C=O) groups excluding carboxylic acids is 1. The van der Waals surface area contributed by atoms with E-state index in [0.717, 1.165) is 36.3 Å². The third kappa shape index (κ3) is 5.87. The highest BCUT2D eigenvalue weighted by Gasteiger charge is 2.28. The van der Waals surface area contributed by atoms with Crippen LogP contribution in [-0.2, 0) is 15.6 Å². The predicted molar refractivity (Wildman–Crippen MR) is 127 cm³/mol. The summed E-state index contributed by atoms with van der Waals surface area (Å²) in [6.45, 7) is 15.5. The molecular weight excluding hydrogens is 370 g/mol. The summed E-state index contributed by atoms with van der Waals surface area (Å²) in [5, 5.41) is 3.01. The number of hydrogen-bond donors (Lipinski definition) is 1. The maximum atomic E-state index is 13.0. The highest BCUT2D eigenvalue weighted by molar-refractivity contribution is 5.94. The van der Waals surface area contributed by atoms with Crippen LogP contribution in [0.2, 0.25) is 0 Å². The molecule has 2 rings (SSSR count). The molecule has 0 aliphatic heterocycles. The molecule has 164 valence electrons. The largest absolute Gasteiger partial charge is 0.480 e. The molecule has 1 unspecified atom stereocenters. The third-order valence-corrected chi connectivity index (χ3v) is 6.41. The van der Waals surface area contributed by atoms with Crippen molar-refractivity contribution < 1.29 is 9.53 Å². The minimum atomic E-state index is -0.526. The summed E-state index contributed by atoms with van der Waals surface area (Å²) in [6.07, 6.45) is 3.05. The number of ether oxygens (including phenoxy) is 1. The van der Waals surface area contributed by atoms with Crippen LogP contribution in [0.4, 0.5) is 5.69 Å². The topological polar surface area (TPSA) is 38.3 Å². The van der Waals surface area contributed by atoms with Gasteiger partial charge in [0.2, 0.25) is 0 Å². The maximum Gasteiger partial charge on any atom is 0.265 e. The van der Waals surface area contributed by atoms with E-state index in [-0.39, 0.29) is 16.7 Å². The van der Waals surface area contributed by atoms with Crippen LogP contribution in [-0.4, -0.2) is 12.0 Å². The van der Waals surface area contributed by atoms with Gasteiger partial charge in [-0.2, -0.15) is 0 Å². The summed E-state index contributed by atoms with van der Waals surface area (Å²) < 4.78 is 6.48.